The first-order chi connectivity index (χ1) is 10.6. The topological polar surface area (TPSA) is 13.7 Å². The van der Waals surface area contributed by atoms with Gasteiger partial charge in [-0.25, -0.2) is 0 Å². The molecule has 1 unspecified atom stereocenters. The summed E-state index contributed by atoms with van der Waals surface area (Å²) in [4.78, 5) is 1.49. The Bertz CT molecular complexity index is 575. The molecule has 0 aliphatic heterocycles. The molecule has 3 heteroatoms. The molecular formula is C19H25ClNO+. The lowest BCUT2D eigenvalue weighted by Crippen LogP contribution is -3.07. The SMILES string of the molecule is Cc1cc(C)c(OCCC[NH+](C)Cc2ccccc2)c(Cl)c1. The summed E-state index contributed by atoms with van der Waals surface area (Å²) >= 11 is 6.25. The van der Waals surface area contributed by atoms with Crippen molar-refractivity contribution in [3.8, 4) is 5.75 Å². The third kappa shape index (κ3) is 5.04. The molecule has 118 valence electrons. The fourth-order valence-electron chi connectivity index (χ4n) is 2.67. The van der Waals surface area contributed by atoms with E-state index in [2.05, 4.69) is 43.4 Å². The highest BCUT2D eigenvalue weighted by atomic mass is 35.5. The van der Waals surface area contributed by atoms with Gasteiger partial charge < -0.3 is 9.64 Å². The third-order valence-electron chi connectivity index (χ3n) is 3.72. The van der Waals surface area contributed by atoms with E-state index in [1.807, 2.05) is 19.9 Å². The Kier molecular flexibility index (Phi) is 6.29. The molecule has 0 saturated carbocycles. The Hall–Kier alpha value is -1.51. The van der Waals surface area contributed by atoms with Crippen LogP contribution in [0.4, 0.5) is 0 Å². The summed E-state index contributed by atoms with van der Waals surface area (Å²) in [6.07, 6.45) is 1.02. The molecule has 0 heterocycles. The standard InChI is InChI=1S/C19H24ClNO/c1-15-12-16(2)19(18(20)13-15)22-11-7-10-21(3)14-17-8-5-4-6-9-17/h4-6,8-9,12-13H,7,10-11,14H2,1-3H3/p+1. The van der Waals surface area contributed by atoms with Crippen molar-refractivity contribution in [3.05, 3.63) is 64.2 Å². The molecule has 0 aromatic heterocycles. The Morgan fingerprint density at radius 3 is 2.50 bits per heavy atom. The molecule has 0 aliphatic rings. The largest absolute Gasteiger partial charge is 0.492 e. The Balaban J connectivity index is 1.75. The summed E-state index contributed by atoms with van der Waals surface area (Å²) in [7, 11) is 2.22. The Morgan fingerprint density at radius 1 is 1.09 bits per heavy atom. The number of hydrogen-bond donors (Lipinski definition) is 1. The zero-order valence-electron chi connectivity index (χ0n) is 13.7. The fraction of sp³-hybridized carbons (Fsp3) is 0.368. The minimum atomic E-state index is 0.704. The Labute approximate surface area is 138 Å². The van der Waals surface area contributed by atoms with Crippen LogP contribution in [0.2, 0.25) is 5.02 Å². The van der Waals surface area contributed by atoms with Crippen LogP contribution in [-0.2, 0) is 6.54 Å². The van der Waals surface area contributed by atoms with Crippen molar-refractivity contribution < 1.29 is 9.64 Å². The maximum absolute atomic E-state index is 6.25. The minimum absolute atomic E-state index is 0.704. The summed E-state index contributed by atoms with van der Waals surface area (Å²) in [6.45, 7) is 6.92. The zero-order chi connectivity index (χ0) is 15.9. The first-order valence-corrected chi connectivity index (χ1v) is 8.19. The van der Waals surface area contributed by atoms with Crippen molar-refractivity contribution in [1.82, 2.24) is 0 Å². The first kappa shape index (κ1) is 16.9. The molecule has 0 saturated heterocycles. The number of halogens is 1. The van der Waals surface area contributed by atoms with Crippen LogP contribution >= 0.6 is 11.6 Å². The predicted octanol–water partition coefficient (Wildman–Crippen LogP) is 3.44. The van der Waals surface area contributed by atoms with Crippen molar-refractivity contribution in [1.29, 1.82) is 0 Å². The van der Waals surface area contributed by atoms with E-state index in [0.717, 1.165) is 30.8 Å². The molecule has 0 amide bonds. The maximum atomic E-state index is 6.25. The average molecular weight is 319 g/mol. The van der Waals surface area contributed by atoms with Gasteiger partial charge in [0, 0.05) is 12.0 Å². The van der Waals surface area contributed by atoms with Crippen LogP contribution < -0.4 is 9.64 Å². The summed E-state index contributed by atoms with van der Waals surface area (Å²) < 4.78 is 5.88. The molecule has 0 aliphatic carbocycles. The van der Waals surface area contributed by atoms with E-state index in [9.17, 15) is 0 Å². The van der Waals surface area contributed by atoms with Crippen molar-refractivity contribution >= 4 is 11.6 Å². The van der Waals surface area contributed by atoms with Crippen LogP contribution in [-0.4, -0.2) is 20.2 Å². The summed E-state index contributed by atoms with van der Waals surface area (Å²) in [5.41, 5.74) is 3.65. The fourth-order valence-corrected chi connectivity index (χ4v) is 3.04. The molecular weight excluding hydrogens is 294 g/mol. The van der Waals surface area contributed by atoms with Crippen LogP contribution in [0, 0.1) is 13.8 Å². The number of benzene rings is 2. The van der Waals surface area contributed by atoms with Gasteiger partial charge in [0.15, 0.2) is 0 Å². The van der Waals surface area contributed by atoms with E-state index in [-0.39, 0.29) is 0 Å². The van der Waals surface area contributed by atoms with Crippen LogP contribution in [0.3, 0.4) is 0 Å². The molecule has 0 radical (unpaired) electrons. The highest BCUT2D eigenvalue weighted by molar-refractivity contribution is 6.32. The van der Waals surface area contributed by atoms with Crippen LogP contribution in [0.25, 0.3) is 0 Å². The van der Waals surface area contributed by atoms with E-state index >= 15 is 0 Å². The number of rotatable bonds is 7. The minimum Gasteiger partial charge on any atom is -0.492 e. The number of nitrogens with one attached hydrogen (secondary N) is 1. The second-order valence-corrected chi connectivity index (χ2v) is 6.37. The quantitative estimate of drug-likeness (QED) is 0.772. The lowest BCUT2D eigenvalue weighted by molar-refractivity contribution is -0.894. The molecule has 2 rings (SSSR count). The maximum Gasteiger partial charge on any atom is 0.140 e. The van der Waals surface area contributed by atoms with Gasteiger partial charge in [0.2, 0.25) is 0 Å². The van der Waals surface area contributed by atoms with Gasteiger partial charge in [0.05, 0.1) is 25.2 Å². The van der Waals surface area contributed by atoms with Crippen molar-refractivity contribution in [3.63, 3.8) is 0 Å². The Morgan fingerprint density at radius 2 is 1.82 bits per heavy atom. The molecule has 2 nitrogen and oxygen atoms in total. The number of hydrogen-bond acceptors (Lipinski definition) is 1. The summed E-state index contributed by atoms with van der Waals surface area (Å²) in [5.74, 6) is 0.827. The van der Waals surface area contributed by atoms with Crippen LogP contribution in [0.5, 0.6) is 5.75 Å². The lowest BCUT2D eigenvalue weighted by Gasteiger charge is -2.15. The van der Waals surface area contributed by atoms with Crippen molar-refractivity contribution in [2.24, 2.45) is 0 Å². The van der Waals surface area contributed by atoms with Crippen LogP contribution in [0.15, 0.2) is 42.5 Å². The zero-order valence-corrected chi connectivity index (χ0v) is 14.4. The monoisotopic (exact) mass is 318 g/mol. The second kappa shape index (κ2) is 8.21. The normalized spacial score (nSPS) is 12.2. The predicted molar refractivity (Wildman–Crippen MR) is 92.9 cm³/mol. The first-order valence-electron chi connectivity index (χ1n) is 7.81. The number of aryl methyl sites for hydroxylation is 2. The van der Waals surface area contributed by atoms with Gasteiger partial charge in [-0.2, -0.15) is 0 Å². The second-order valence-electron chi connectivity index (χ2n) is 5.96. The van der Waals surface area contributed by atoms with E-state index in [0.29, 0.717) is 11.6 Å². The van der Waals surface area contributed by atoms with E-state index in [1.165, 1.54) is 16.0 Å². The van der Waals surface area contributed by atoms with Gasteiger partial charge in [-0.15, -0.1) is 0 Å². The molecule has 1 N–H and O–H groups in total. The van der Waals surface area contributed by atoms with E-state index in [1.54, 1.807) is 0 Å². The highest BCUT2D eigenvalue weighted by Crippen LogP contribution is 2.29. The van der Waals surface area contributed by atoms with Gasteiger partial charge in [0.1, 0.15) is 12.3 Å². The lowest BCUT2D eigenvalue weighted by atomic mass is 10.1. The summed E-state index contributed by atoms with van der Waals surface area (Å²) in [5, 5.41) is 0.711. The number of quaternary nitrogens is 1. The van der Waals surface area contributed by atoms with Gasteiger partial charge in [-0.05, 0) is 31.0 Å². The molecule has 0 spiro atoms. The summed E-state index contributed by atoms with van der Waals surface area (Å²) in [6, 6.07) is 14.7. The van der Waals surface area contributed by atoms with Gasteiger partial charge in [-0.1, -0.05) is 48.0 Å². The van der Waals surface area contributed by atoms with Gasteiger partial charge in [-0.3, -0.25) is 0 Å². The molecule has 22 heavy (non-hydrogen) atoms. The molecule has 2 aromatic carbocycles. The molecule has 1 atom stereocenters. The van der Waals surface area contributed by atoms with Crippen LogP contribution in [0.1, 0.15) is 23.1 Å². The average Bonchev–Trinajstić information content (AvgIpc) is 2.46. The van der Waals surface area contributed by atoms with E-state index < -0.39 is 0 Å². The highest BCUT2D eigenvalue weighted by Gasteiger charge is 2.08. The molecule has 2 aromatic rings. The van der Waals surface area contributed by atoms with Gasteiger partial charge in [0.25, 0.3) is 0 Å². The van der Waals surface area contributed by atoms with Gasteiger partial charge >= 0.3 is 0 Å². The van der Waals surface area contributed by atoms with E-state index in [4.69, 9.17) is 16.3 Å². The molecule has 0 bridgehead atoms. The third-order valence-corrected chi connectivity index (χ3v) is 4.00. The molecule has 0 fully saturated rings. The van der Waals surface area contributed by atoms with Crippen molar-refractivity contribution in [2.75, 3.05) is 20.2 Å². The van der Waals surface area contributed by atoms with Crippen molar-refractivity contribution in [2.45, 2.75) is 26.8 Å². The smallest absolute Gasteiger partial charge is 0.140 e. The number of ether oxygens (including phenoxy) is 1.